The number of rotatable bonds is 3. The fourth-order valence-corrected chi connectivity index (χ4v) is 1.96. The Labute approximate surface area is 97.6 Å². The van der Waals surface area contributed by atoms with Crippen LogP contribution >= 0.6 is 0 Å². The number of carbonyl (C=O) groups excluding carboxylic acids is 1. The van der Waals surface area contributed by atoms with Crippen LogP contribution in [0, 0.1) is 5.41 Å². The molecule has 1 aliphatic carbocycles. The number of hydrogen-bond acceptors (Lipinski definition) is 3. The molecule has 0 aromatic rings. The summed E-state index contributed by atoms with van der Waals surface area (Å²) in [6, 6.07) is -0.530. The lowest BCUT2D eigenvalue weighted by Gasteiger charge is -2.28. The SMILES string of the molecule is CC(C)(C)C(N)C(=O)NCC1(O)CCCC1. The fraction of sp³-hybridized carbons (Fsp3) is 0.917. The number of aliphatic hydroxyl groups is 1. The van der Waals surface area contributed by atoms with Gasteiger partial charge in [0.2, 0.25) is 5.91 Å². The van der Waals surface area contributed by atoms with Crippen molar-refractivity contribution in [3.05, 3.63) is 0 Å². The van der Waals surface area contributed by atoms with Crippen LogP contribution in [0.2, 0.25) is 0 Å². The summed E-state index contributed by atoms with van der Waals surface area (Å²) < 4.78 is 0. The molecule has 1 amide bonds. The minimum atomic E-state index is -0.701. The van der Waals surface area contributed by atoms with Crippen LogP contribution in [0.1, 0.15) is 46.5 Å². The van der Waals surface area contributed by atoms with Crippen LogP contribution in [0.4, 0.5) is 0 Å². The van der Waals surface area contributed by atoms with Gasteiger partial charge >= 0.3 is 0 Å². The normalized spacial score (nSPS) is 21.8. The van der Waals surface area contributed by atoms with Crippen molar-refractivity contribution < 1.29 is 9.90 Å². The van der Waals surface area contributed by atoms with Crippen LogP contribution in [0.5, 0.6) is 0 Å². The summed E-state index contributed by atoms with van der Waals surface area (Å²) in [5.41, 5.74) is 4.88. The Bertz CT molecular complexity index is 252. The highest BCUT2D eigenvalue weighted by Gasteiger charge is 2.33. The second kappa shape index (κ2) is 4.72. The molecule has 1 saturated carbocycles. The third kappa shape index (κ3) is 3.46. The summed E-state index contributed by atoms with van der Waals surface area (Å²) in [7, 11) is 0. The summed E-state index contributed by atoms with van der Waals surface area (Å²) in [5, 5.41) is 12.8. The van der Waals surface area contributed by atoms with E-state index in [1.165, 1.54) is 0 Å². The molecule has 1 atom stereocenters. The van der Waals surface area contributed by atoms with Gasteiger partial charge in [-0.1, -0.05) is 33.6 Å². The first-order chi connectivity index (χ1) is 7.25. The highest BCUT2D eigenvalue weighted by Crippen LogP contribution is 2.28. The second-order valence-electron chi connectivity index (χ2n) is 5.99. The van der Waals surface area contributed by atoms with E-state index in [1.807, 2.05) is 20.8 Å². The first kappa shape index (κ1) is 13.5. The van der Waals surface area contributed by atoms with Gasteiger partial charge in [-0.3, -0.25) is 4.79 Å². The van der Waals surface area contributed by atoms with Gasteiger partial charge in [-0.05, 0) is 18.3 Å². The maximum atomic E-state index is 11.7. The molecule has 1 aliphatic rings. The zero-order valence-electron chi connectivity index (χ0n) is 10.5. The lowest BCUT2D eigenvalue weighted by Crippen LogP contribution is -2.52. The van der Waals surface area contributed by atoms with Crippen molar-refractivity contribution in [2.75, 3.05) is 6.54 Å². The van der Waals surface area contributed by atoms with Crippen molar-refractivity contribution in [2.24, 2.45) is 11.1 Å². The standard InChI is InChI=1S/C12H24N2O2/c1-11(2,3)9(13)10(15)14-8-12(16)6-4-5-7-12/h9,16H,4-8,13H2,1-3H3,(H,14,15). The van der Waals surface area contributed by atoms with Crippen LogP contribution in [0.15, 0.2) is 0 Å². The van der Waals surface area contributed by atoms with Gasteiger partial charge in [0.15, 0.2) is 0 Å². The molecule has 1 unspecified atom stereocenters. The first-order valence-corrected chi connectivity index (χ1v) is 6.00. The number of nitrogens with one attached hydrogen (secondary N) is 1. The van der Waals surface area contributed by atoms with Crippen molar-refractivity contribution in [2.45, 2.75) is 58.1 Å². The van der Waals surface area contributed by atoms with E-state index in [4.69, 9.17) is 5.73 Å². The fourth-order valence-electron chi connectivity index (χ4n) is 1.96. The second-order valence-corrected chi connectivity index (χ2v) is 5.99. The molecular weight excluding hydrogens is 204 g/mol. The molecule has 1 rings (SSSR count). The molecule has 16 heavy (non-hydrogen) atoms. The molecule has 1 fully saturated rings. The smallest absolute Gasteiger partial charge is 0.237 e. The van der Waals surface area contributed by atoms with Gasteiger partial charge in [0.05, 0.1) is 11.6 Å². The zero-order valence-corrected chi connectivity index (χ0v) is 10.5. The lowest BCUT2D eigenvalue weighted by molar-refractivity contribution is -0.125. The number of carbonyl (C=O) groups is 1. The van der Waals surface area contributed by atoms with E-state index in [0.29, 0.717) is 6.54 Å². The van der Waals surface area contributed by atoms with Crippen LogP contribution in [0.3, 0.4) is 0 Å². The van der Waals surface area contributed by atoms with Crippen molar-refractivity contribution in [3.8, 4) is 0 Å². The first-order valence-electron chi connectivity index (χ1n) is 6.00. The Kier molecular flexibility index (Phi) is 3.97. The topological polar surface area (TPSA) is 75.4 Å². The third-order valence-electron chi connectivity index (χ3n) is 3.34. The van der Waals surface area contributed by atoms with Crippen LogP contribution in [0.25, 0.3) is 0 Å². The Hall–Kier alpha value is -0.610. The number of nitrogens with two attached hydrogens (primary N) is 1. The van der Waals surface area contributed by atoms with Crippen molar-refractivity contribution in [3.63, 3.8) is 0 Å². The molecule has 4 nitrogen and oxygen atoms in total. The summed E-state index contributed by atoms with van der Waals surface area (Å²) in [4.78, 5) is 11.7. The largest absolute Gasteiger partial charge is 0.388 e. The Morgan fingerprint density at radius 1 is 1.44 bits per heavy atom. The van der Waals surface area contributed by atoms with E-state index in [0.717, 1.165) is 25.7 Å². The molecule has 4 heteroatoms. The number of hydrogen-bond donors (Lipinski definition) is 3. The average Bonchev–Trinajstić information content (AvgIpc) is 2.60. The van der Waals surface area contributed by atoms with Gasteiger partial charge < -0.3 is 16.2 Å². The summed E-state index contributed by atoms with van der Waals surface area (Å²) >= 11 is 0. The van der Waals surface area contributed by atoms with E-state index in [9.17, 15) is 9.90 Å². The maximum absolute atomic E-state index is 11.7. The molecule has 0 spiro atoms. The predicted octanol–water partition coefficient (Wildman–Crippen LogP) is 0.781. The number of amides is 1. The maximum Gasteiger partial charge on any atom is 0.237 e. The third-order valence-corrected chi connectivity index (χ3v) is 3.34. The van der Waals surface area contributed by atoms with Crippen LogP contribution in [-0.4, -0.2) is 29.2 Å². The molecule has 0 radical (unpaired) electrons. The van der Waals surface area contributed by atoms with E-state index >= 15 is 0 Å². The molecule has 0 aliphatic heterocycles. The van der Waals surface area contributed by atoms with Gasteiger partial charge in [0.1, 0.15) is 0 Å². The molecule has 0 aromatic heterocycles. The van der Waals surface area contributed by atoms with Crippen molar-refractivity contribution >= 4 is 5.91 Å². The molecule has 94 valence electrons. The molecule has 0 saturated heterocycles. The van der Waals surface area contributed by atoms with Gasteiger partial charge in [-0.15, -0.1) is 0 Å². The van der Waals surface area contributed by atoms with Crippen molar-refractivity contribution in [1.82, 2.24) is 5.32 Å². The van der Waals surface area contributed by atoms with E-state index < -0.39 is 11.6 Å². The monoisotopic (exact) mass is 228 g/mol. The lowest BCUT2D eigenvalue weighted by atomic mass is 9.87. The molecular formula is C12H24N2O2. The highest BCUT2D eigenvalue weighted by atomic mass is 16.3. The summed E-state index contributed by atoms with van der Waals surface area (Å²) in [6.07, 6.45) is 3.63. The summed E-state index contributed by atoms with van der Waals surface area (Å²) in [5.74, 6) is -0.173. The highest BCUT2D eigenvalue weighted by molar-refractivity contribution is 5.82. The minimum absolute atomic E-state index is 0.173. The zero-order chi connectivity index (χ0) is 12.4. The van der Waals surface area contributed by atoms with Gasteiger partial charge in [-0.2, -0.15) is 0 Å². The van der Waals surface area contributed by atoms with Crippen LogP contribution in [-0.2, 0) is 4.79 Å². The molecule has 0 bridgehead atoms. The Balaban J connectivity index is 2.40. The summed E-state index contributed by atoms with van der Waals surface area (Å²) in [6.45, 7) is 6.13. The van der Waals surface area contributed by atoms with Gasteiger partial charge in [-0.25, -0.2) is 0 Å². The molecule has 0 aromatic carbocycles. The van der Waals surface area contributed by atoms with E-state index in [1.54, 1.807) is 0 Å². The van der Waals surface area contributed by atoms with Gasteiger partial charge in [0.25, 0.3) is 0 Å². The Morgan fingerprint density at radius 2 is 1.94 bits per heavy atom. The molecule has 4 N–H and O–H groups in total. The van der Waals surface area contributed by atoms with Crippen molar-refractivity contribution in [1.29, 1.82) is 0 Å². The van der Waals surface area contributed by atoms with E-state index in [-0.39, 0.29) is 11.3 Å². The minimum Gasteiger partial charge on any atom is -0.388 e. The molecule has 0 heterocycles. The van der Waals surface area contributed by atoms with Gasteiger partial charge in [0, 0.05) is 6.54 Å². The van der Waals surface area contributed by atoms with Crippen LogP contribution < -0.4 is 11.1 Å². The predicted molar refractivity (Wildman–Crippen MR) is 63.9 cm³/mol. The Morgan fingerprint density at radius 3 is 2.38 bits per heavy atom. The van der Waals surface area contributed by atoms with E-state index in [2.05, 4.69) is 5.32 Å². The quantitative estimate of drug-likeness (QED) is 0.668. The average molecular weight is 228 g/mol.